The van der Waals surface area contributed by atoms with E-state index in [-0.39, 0.29) is 18.2 Å². The van der Waals surface area contributed by atoms with Gasteiger partial charge in [0, 0.05) is 6.61 Å². The van der Waals surface area contributed by atoms with E-state index in [1.807, 2.05) is 0 Å². The molecule has 0 atom stereocenters. The van der Waals surface area contributed by atoms with Crippen LogP contribution in [0, 0.1) is 0 Å². The van der Waals surface area contributed by atoms with E-state index in [0.717, 1.165) is 6.61 Å². The average Bonchev–Trinajstić information content (AvgIpc) is 2.30. The summed E-state index contributed by atoms with van der Waals surface area (Å²) in [5.41, 5.74) is 0. The Morgan fingerprint density at radius 3 is 1.84 bits per heavy atom. The van der Waals surface area contributed by atoms with Crippen LogP contribution in [0.25, 0.3) is 0 Å². The van der Waals surface area contributed by atoms with Crippen LogP contribution in [-0.4, -0.2) is 33.1 Å². The van der Waals surface area contributed by atoms with E-state index >= 15 is 0 Å². The minimum atomic E-state index is -1.50. The molecule has 0 aliphatic rings. The highest BCUT2D eigenvalue weighted by Gasteiger charge is 2.36. The average molecular weight is 362 g/mol. The van der Waals surface area contributed by atoms with Crippen LogP contribution < -0.4 is 0 Å². The van der Waals surface area contributed by atoms with Crippen LogP contribution in [0.1, 0.15) is 65.7 Å². The van der Waals surface area contributed by atoms with Gasteiger partial charge in [-0.25, -0.2) is 0 Å². The Morgan fingerprint density at radius 1 is 0.895 bits per heavy atom. The highest BCUT2D eigenvalue weighted by Crippen LogP contribution is 2.36. The third-order valence-corrected chi connectivity index (χ3v) is 11.3. The van der Waals surface area contributed by atoms with Gasteiger partial charge in [0.25, 0.3) is 0 Å². The molecule has 0 aliphatic carbocycles. The summed E-state index contributed by atoms with van der Waals surface area (Å²) in [6, 6.07) is 0. The first kappa shape index (κ1) is 20.4. The first-order chi connectivity index (χ1) is 8.81. The van der Waals surface area contributed by atoms with Crippen molar-refractivity contribution >= 4 is 39.4 Å². The lowest BCUT2D eigenvalue weighted by Gasteiger charge is -2.36. The second-order valence-electron chi connectivity index (χ2n) is 7.13. The normalized spacial score (nSPS) is 12.5. The maximum atomic E-state index is 6.19. The largest absolute Gasteiger partial charge is 0.468 e. The van der Waals surface area contributed by atoms with Crippen LogP contribution in [0.5, 0.6) is 0 Å². The summed E-state index contributed by atoms with van der Waals surface area (Å²) in [4.78, 5) is 0. The molecule has 0 heterocycles. The Labute approximate surface area is 138 Å². The Hall–Kier alpha value is 1.42. The second kappa shape index (κ2) is 11.1. The van der Waals surface area contributed by atoms with Gasteiger partial charge in [-0.05, 0) is 24.6 Å². The van der Waals surface area contributed by atoms with Crippen LogP contribution in [0.3, 0.4) is 0 Å². The monoisotopic (exact) mass is 360 g/mol. The Kier molecular flexibility index (Phi) is 11.9. The molecule has 0 N–H and O–H groups in total. The molecule has 1 nitrogen and oxygen atoms in total. The lowest BCUT2D eigenvalue weighted by atomic mass is 10.1. The molecule has 0 saturated heterocycles. The zero-order valence-corrected chi connectivity index (χ0v) is 17.9. The number of unbranched alkanes of at least 4 members (excludes halogenated alkanes) is 6. The van der Waals surface area contributed by atoms with Gasteiger partial charge in [0.1, 0.15) is 0 Å². The van der Waals surface area contributed by atoms with Crippen molar-refractivity contribution in [3.63, 3.8) is 0 Å². The van der Waals surface area contributed by atoms with Crippen LogP contribution >= 0.6 is 12.9 Å². The Morgan fingerprint density at radius 2 is 1.37 bits per heavy atom. The van der Waals surface area contributed by atoms with E-state index in [4.69, 9.17) is 4.43 Å². The van der Waals surface area contributed by atoms with Crippen molar-refractivity contribution in [1.29, 1.82) is 0 Å². The van der Waals surface area contributed by atoms with Gasteiger partial charge in [0.05, 0.1) is 0 Å². The SMILES string of the molecule is CC(C)(C)[Si](C)(C)OCCCCCCCC[CH2][Mg][Br]. The van der Waals surface area contributed by atoms with Gasteiger partial charge in [-0.1, -0.05) is 59.3 Å². The van der Waals surface area contributed by atoms with Crippen molar-refractivity contribution in [2.45, 2.75) is 88.4 Å². The lowest BCUT2D eigenvalue weighted by molar-refractivity contribution is 0.277. The molecule has 0 rings (SSSR count). The summed E-state index contributed by atoms with van der Waals surface area (Å²) in [6.07, 6.45) is 9.74. The molecule has 0 saturated carbocycles. The summed E-state index contributed by atoms with van der Waals surface area (Å²) in [5, 5.41) is 0.353. The molecule has 112 valence electrons. The topological polar surface area (TPSA) is 9.23 Å². The van der Waals surface area contributed by atoms with Crippen molar-refractivity contribution < 1.29 is 4.43 Å². The van der Waals surface area contributed by atoms with Crippen molar-refractivity contribution in [3.05, 3.63) is 0 Å². The first-order valence-electron chi connectivity index (χ1n) is 8.01. The summed E-state index contributed by atoms with van der Waals surface area (Å²) in [6.45, 7) is 12.6. The van der Waals surface area contributed by atoms with E-state index in [1.54, 1.807) is 0 Å². The molecule has 0 fully saturated rings. The van der Waals surface area contributed by atoms with Crippen LogP contribution in [-0.2, 0) is 4.43 Å². The fourth-order valence-electron chi connectivity index (χ4n) is 1.80. The number of hydrogen-bond donors (Lipinski definition) is 0. The summed E-state index contributed by atoms with van der Waals surface area (Å²) < 4.78 is 7.66. The number of hydrogen-bond acceptors (Lipinski definition) is 1. The lowest BCUT2D eigenvalue weighted by Crippen LogP contribution is -2.40. The van der Waals surface area contributed by atoms with E-state index in [0.29, 0.717) is 5.04 Å². The fraction of sp³-hybridized carbons (Fsp3) is 1.00. The number of halogens is 1. The minimum absolute atomic E-state index is 0.138. The number of rotatable bonds is 11. The van der Waals surface area contributed by atoms with E-state index in [9.17, 15) is 0 Å². The molecule has 0 amide bonds. The Balaban J connectivity index is 3.37. The molecule has 0 aromatic carbocycles. The molecule has 0 aromatic rings. The highest BCUT2D eigenvalue weighted by atomic mass is 79.9. The molecular weight excluding hydrogens is 328 g/mol. The molecule has 0 radical (unpaired) electrons. The van der Waals surface area contributed by atoms with Gasteiger partial charge in [-0.3, -0.25) is 0 Å². The zero-order chi connectivity index (χ0) is 14.8. The van der Waals surface area contributed by atoms with Gasteiger partial charge < -0.3 is 17.3 Å². The molecule has 0 bridgehead atoms. The van der Waals surface area contributed by atoms with Gasteiger partial charge in [-0.15, -0.1) is 4.55 Å². The second-order valence-corrected chi connectivity index (χ2v) is 15.4. The first-order valence-corrected chi connectivity index (χ1v) is 15.8. The quantitative estimate of drug-likeness (QED) is 0.316. The molecular formula is C15H33BrMgOSi. The highest BCUT2D eigenvalue weighted by molar-refractivity contribution is 9.23. The molecule has 4 heteroatoms. The standard InChI is InChI=1S/C15H33OSi.BrH.Mg/c1-7-8-9-10-11-12-13-14-16-17(5,6)15(2,3)4;;/h1,7-14H2,2-6H3;1H;/q;;+1/p-1. The maximum absolute atomic E-state index is 6.19. The van der Waals surface area contributed by atoms with Gasteiger partial charge in [0.15, 0.2) is 8.32 Å². The smallest absolute Gasteiger partial charge is 0.417 e. The Bertz CT molecular complexity index is 217. The van der Waals surface area contributed by atoms with Gasteiger partial charge in [0.2, 0.25) is 0 Å². The third kappa shape index (κ3) is 10.7. The molecule has 19 heavy (non-hydrogen) atoms. The fourth-order valence-corrected chi connectivity index (χ4v) is 4.62. The summed E-state index contributed by atoms with van der Waals surface area (Å²) in [7, 11) is -1.50. The summed E-state index contributed by atoms with van der Waals surface area (Å²) >= 11 is 3.76. The van der Waals surface area contributed by atoms with Crippen LogP contribution in [0.4, 0.5) is 0 Å². The molecule has 0 unspecified atom stereocenters. The zero-order valence-electron chi connectivity index (χ0n) is 13.9. The van der Waals surface area contributed by atoms with Crippen LogP contribution in [0.2, 0.25) is 22.7 Å². The van der Waals surface area contributed by atoms with Crippen molar-refractivity contribution in [3.8, 4) is 0 Å². The van der Waals surface area contributed by atoms with E-state index < -0.39 is 8.32 Å². The minimum Gasteiger partial charge on any atom is -0.417 e. The molecule has 0 aromatic heterocycles. The summed E-state index contributed by atoms with van der Waals surface area (Å²) in [5.74, 6) is 0. The van der Waals surface area contributed by atoms with Crippen molar-refractivity contribution in [2.24, 2.45) is 0 Å². The van der Waals surface area contributed by atoms with Crippen LogP contribution in [0.15, 0.2) is 0 Å². The molecule has 0 spiro atoms. The predicted molar refractivity (Wildman–Crippen MR) is 95.0 cm³/mol. The van der Waals surface area contributed by atoms with Crippen molar-refractivity contribution in [1.82, 2.24) is 0 Å². The van der Waals surface area contributed by atoms with Crippen molar-refractivity contribution in [2.75, 3.05) is 6.61 Å². The maximum Gasteiger partial charge on any atom is 0.468 e. The molecule has 0 aliphatic heterocycles. The van der Waals surface area contributed by atoms with Gasteiger partial charge in [-0.2, -0.15) is 0 Å². The third-order valence-electron chi connectivity index (χ3n) is 4.30. The van der Waals surface area contributed by atoms with Gasteiger partial charge >= 0.3 is 18.2 Å². The van der Waals surface area contributed by atoms with E-state index in [1.165, 1.54) is 49.5 Å². The predicted octanol–water partition coefficient (Wildman–Crippen LogP) is 6.17. The van der Waals surface area contributed by atoms with E-state index in [2.05, 4.69) is 46.7 Å².